The first kappa shape index (κ1) is 14.5. The van der Waals surface area contributed by atoms with Gasteiger partial charge in [0.05, 0.1) is 0 Å². The molecule has 0 aliphatic carbocycles. The zero-order chi connectivity index (χ0) is 13.4. The van der Waals surface area contributed by atoms with Gasteiger partial charge in [-0.3, -0.25) is 0 Å². The third kappa shape index (κ3) is 5.18. The summed E-state index contributed by atoms with van der Waals surface area (Å²) in [7, 11) is 0. The molecule has 0 spiro atoms. The molecule has 0 bridgehead atoms. The Balaban J connectivity index is 0.000000184. The molecule has 0 saturated heterocycles. The van der Waals surface area contributed by atoms with Gasteiger partial charge in [-0.25, -0.2) is 0 Å². The lowest BCUT2D eigenvalue weighted by Crippen LogP contribution is -1.88. The lowest BCUT2D eigenvalue weighted by Gasteiger charge is -2.06. The van der Waals surface area contributed by atoms with Crippen molar-refractivity contribution in [1.82, 2.24) is 0 Å². The normalized spacial score (nSPS) is 11.3. The van der Waals surface area contributed by atoms with E-state index in [1.54, 1.807) is 0 Å². The first-order chi connectivity index (χ1) is 8.63. The number of hydrogen-bond donors (Lipinski definition) is 0. The molecule has 0 aliphatic rings. The molecule has 2 aromatic rings. The van der Waals surface area contributed by atoms with E-state index in [0.29, 0.717) is 5.92 Å². The Morgan fingerprint density at radius 1 is 0.833 bits per heavy atom. The van der Waals surface area contributed by atoms with Crippen LogP contribution in [0.1, 0.15) is 42.9 Å². The molecule has 0 N–H and O–H groups in total. The molecule has 0 radical (unpaired) electrons. The van der Waals surface area contributed by atoms with Gasteiger partial charge in [0.15, 0.2) is 0 Å². The molecule has 1 atom stereocenters. The lowest BCUT2D eigenvalue weighted by atomic mass is 9.99. The van der Waals surface area contributed by atoms with Crippen LogP contribution in [0.15, 0.2) is 54.6 Å². The summed E-state index contributed by atoms with van der Waals surface area (Å²) < 4.78 is 0. The summed E-state index contributed by atoms with van der Waals surface area (Å²) in [4.78, 5) is 0. The van der Waals surface area contributed by atoms with Crippen molar-refractivity contribution in [3.8, 4) is 0 Å². The monoisotopic (exact) mass is 240 g/mol. The standard InChI is InChI=1S/C10H14.C8H10/c1-3-9(2)10-7-5-4-6-8-10;1-7-4-3-5-8(2)6-7/h4-9H,3H2,1-2H3;3-6H,1-2H3. The van der Waals surface area contributed by atoms with Crippen LogP contribution >= 0.6 is 0 Å². The largest absolute Gasteiger partial charge is 0.0648 e. The van der Waals surface area contributed by atoms with Gasteiger partial charge in [-0.05, 0) is 31.7 Å². The molecule has 2 rings (SSSR count). The minimum Gasteiger partial charge on any atom is -0.0648 e. The summed E-state index contributed by atoms with van der Waals surface area (Å²) in [5.41, 5.74) is 4.12. The second-order valence-corrected chi connectivity index (χ2v) is 4.88. The fourth-order valence-corrected chi connectivity index (χ4v) is 1.82. The van der Waals surface area contributed by atoms with E-state index >= 15 is 0 Å². The van der Waals surface area contributed by atoms with Gasteiger partial charge in [-0.1, -0.05) is 79.6 Å². The van der Waals surface area contributed by atoms with Crippen LogP contribution in [0.25, 0.3) is 0 Å². The van der Waals surface area contributed by atoms with Crippen LogP contribution in [0.5, 0.6) is 0 Å². The first-order valence-electron chi connectivity index (χ1n) is 6.71. The summed E-state index contributed by atoms with van der Waals surface area (Å²) in [5.74, 6) is 0.709. The predicted molar refractivity (Wildman–Crippen MR) is 81.1 cm³/mol. The third-order valence-electron chi connectivity index (χ3n) is 3.15. The van der Waals surface area contributed by atoms with Crippen molar-refractivity contribution in [1.29, 1.82) is 0 Å². The molecule has 2 aromatic carbocycles. The lowest BCUT2D eigenvalue weighted by molar-refractivity contribution is 0.733. The summed E-state index contributed by atoms with van der Waals surface area (Å²) >= 11 is 0. The average molecular weight is 240 g/mol. The summed E-state index contributed by atoms with van der Waals surface area (Å²) in [6, 6.07) is 19.1. The molecule has 0 nitrogen and oxygen atoms in total. The van der Waals surface area contributed by atoms with E-state index in [1.807, 2.05) is 0 Å². The highest BCUT2D eigenvalue weighted by Gasteiger charge is 1.98. The molecule has 0 heterocycles. The van der Waals surface area contributed by atoms with Crippen molar-refractivity contribution in [2.75, 3.05) is 0 Å². The molecule has 0 fully saturated rings. The van der Waals surface area contributed by atoms with E-state index < -0.39 is 0 Å². The van der Waals surface area contributed by atoms with Crippen LogP contribution in [0.4, 0.5) is 0 Å². The van der Waals surface area contributed by atoms with Gasteiger partial charge >= 0.3 is 0 Å². The zero-order valence-corrected chi connectivity index (χ0v) is 12.0. The third-order valence-corrected chi connectivity index (χ3v) is 3.15. The number of aryl methyl sites for hydroxylation is 2. The summed E-state index contributed by atoms with van der Waals surface area (Å²) in [6.45, 7) is 8.69. The predicted octanol–water partition coefficient (Wildman–Crippen LogP) is 5.50. The molecule has 18 heavy (non-hydrogen) atoms. The molecule has 0 saturated carbocycles. The van der Waals surface area contributed by atoms with Crippen LogP contribution in [0.3, 0.4) is 0 Å². The van der Waals surface area contributed by atoms with Crippen molar-refractivity contribution < 1.29 is 0 Å². The van der Waals surface area contributed by atoms with Gasteiger partial charge < -0.3 is 0 Å². The smallest absolute Gasteiger partial charge is 0.0193 e. The van der Waals surface area contributed by atoms with Gasteiger partial charge in [-0.15, -0.1) is 0 Å². The van der Waals surface area contributed by atoms with E-state index in [1.165, 1.54) is 23.1 Å². The summed E-state index contributed by atoms with van der Waals surface area (Å²) in [5, 5.41) is 0. The first-order valence-corrected chi connectivity index (χ1v) is 6.71. The Hall–Kier alpha value is -1.56. The van der Waals surface area contributed by atoms with Crippen molar-refractivity contribution in [3.05, 3.63) is 71.3 Å². The van der Waals surface area contributed by atoms with E-state index in [-0.39, 0.29) is 0 Å². The molecule has 0 aromatic heterocycles. The van der Waals surface area contributed by atoms with Crippen LogP contribution in [-0.4, -0.2) is 0 Å². The van der Waals surface area contributed by atoms with Crippen LogP contribution in [0, 0.1) is 13.8 Å². The minimum absolute atomic E-state index is 0.709. The highest BCUT2D eigenvalue weighted by molar-refractivity contribution is 5.20. The second kappa shape index (κ2) is 7.71. The molecule has 1 unspecified atom stereocenters. The Kier molecular flexibility index (Phi) is 6.21. The maximum atomic E-state index is 2.26. The topological polar surface area (TPSA) is 0 Å². The molecular formula is C18H24. The molecule has 0 aliphatic heterocycles. The fourth-order valence-electron chi connectivity index (χ4n) is 1.82. The van der Waals surface area contributed by atoms with E-state index in [4.69, 9.17) is 0 Å². The Morgan fingerprint density at radius 3 is 1.78 bits per heavy atom. The molecule has 0 heteroatoms. The highest BCUT2D eigenvalue weighted by atomic mass is 14.0. The van der Waals surface area contributed by atoms with Crippen molar-refractivity contribution >= 4 is 0 Å². The van der Waals surface area contributed by atoms with Gasteiger partial charge in [-0.2, -0.15) is 0 Å². The fraction of sp³-hybridized carbons (Fsp3) is 0.333. The quantitative estimate of drug-likeness (QED) is 0.650. The molecule has 96 valence electrons. The molecular weight excluding hydrogens is 216 g/mol. The van der Waals surface area contributed by atoms with Crippen molar-refractivity contribution in [3.63, 3.8) is 0 Å². The van der Waals surface area contributed by atoms with E-state index in [9.17, 15) is 0 Å². The maximum absolute atomic E-state index is 2.26. The minimum atomic E-state index is 0.709. The van der Waals surface area contributed by atoms with Crippen LogP contribution < -0.4 is 0 Å². The van der Waals surface area contributed by atoms with Crippen molar-refractivity contribution in [2.24, 2.45) is 0 Å². The van der Waals surface area contributed by atoms with Crippen LogP contribution in [0.2, 0.25) is 0 Å². The van der Waals surface area contributed by atoms with Crippen LogP contribution in [-0.2, 0) is 0 Å². The average Bonchev–Trinajstić information content (AvgIpc) is 2.39. The Bertz CT molecular complexity index is 425. The van der Waals surface area contributed by atoms with Gasteiger partial charge in [0.1, 0.15) is 0 Å². The highest BCUT2D eigenvalue weighted by Crippen LogP contribution is 2.16. The Morgan fingerprint density at radius 2 is 1.39 bits per heavy atom. The second-order valence-electron chi connectivity index (χ2n) is 4.88. The Labute approximate surface area is 112 Å². The zero-order valence-electron chi connectivity index (χ0n) is 12.0. The number of benzene rings is 2. The van der Waals surface area contributed by atoms with Gasteiger partial charge in [0.2, 0.25) is 0 Å². The van der Waals surface area contributed by atoms with E-state index in [0.717, 1.165) is 0 Å². The van der Waals surface area contributed by atoms with E-state index in [2.05, 4.69) is 82.3 Å². The molecule has 0 amide bonds. The maximum Gasteiger partial charge on any atom is -0.0193 e. The SMILES string of the molecule is CCC(C)c1ccccc1.Cc1cccc(C)c1. The van der Waals surface area contributed by atoms with Crippen molar-refractivity contribution in [2.45, 2.75) is 40.0 Å². The van der Waals surface area contributed by atoms with Gasteiger partial charge in [0.25, 0.3) is 0 Å². The number of hydrogen-bond acceptors (Lipinski definition) is 0. The van der Waals surface area contributed by atoms with Gasteiger partial charge in [0, 0.05) is 0 Å². The number of rotatable bonds is 2. The summed E-state index contributed by atoms with van der Waals surface area (Å²) in [6.07, 6.45) is 1.23.